The molecule has 2 rings (SSSR count). The molecule has 2 aromatic rings. The highest BCUT2D eigenvalue weighted by Gasteiger charge is 2.15. The van der Waals surface area contributed by atoms with Gasteiger partial charge in [0, 0.05) is 6.54 Å². The van der Waals surface area contributed by atoms with Gasteiger partial charge in [-0.05, 0) is 12.0 Å². The summed E-state index contributed by atoms with van der Waals surface area (Å²) >= 11 is 0. The standard InChI is InChI=1S/C18H25N3O4/c1-2-3-4-5-9-12-19-17(23)25-21-16(22)14-20(18(21)24)13-15-10-7-6-8-11-15/h6-8,10-11,14,22H,2-5,9,12-13H2,1H3,(H,19,23). The third-order valence-corrected chi connectivity index (χ3v) is 3.82. The van der Waals surface area contributed by atoms with Crippen LogP contribution in [-0.2, 0) is 6.54 Å². The van der Waals surface area contributed by atoms with Crippen LogP contribution in [0, 0.1) is 0 Å². The number of rotatable bonds is 9. The van der Waals surface area contributed by atoms with Crippen molar-refractivity contribution in [3.63, 3.8) is 0 Å². The van der Waals surface area contributed by atoms with Gasteiger partial charge < -0.3 is 15.3 Å². The van der Waals surface area contributed by atoms with Crippen molar-refractivity contribution in [2.45, 2.75) is 45.6 Å². The van der Waals surface area contributed by atoms with Gasteiger partial charge in [-0.1, -0.05) is 67.7 Å². The molecule has 25 heavy (non-hydrogen) atoms. The molecule has 0 spiro atoms. The Bertz CT molecular complexity index is 722. The molecule has 1 aromatic heterocycles. The van der Waals surface area contributed by atoms with Crippen molar-refractivity contribution in [2.75, 3.05) is 6.54 Å². The highest BCUT2D eigenvalue weighted by molar-refractivity contribution is 5.67. The Morgan fingerprint density at radius 3 is 2.60 bits per heavy atom. The van der Waals surface area contributed by atoms with Crippen molar-refractivity contribution in [3.05, 3.63) is 52.6 Å². The number of aromatic nitrogens is 2. The Morgan fingerprint density at radius 2 is 1.88 bits per heavy atom. The van der Waals surface area contributed by atoms with E-state index in [1.54, 1.807) is 0 Å². The molecule has 0 bridgehead atoms. The second-order valence-corrected chi connectivity index (χ2v) is 5.90. The van der Waals surface area contributed by atoms with Crippen molar-refractivity contribution in [1.29, 1.82) is 0 Å². The number of hydrogen-bond acceptors (Lipinski definition) is 4. The van der Waals surface area contributed by atoms with E-state index in [4.69, 9.17) is 4.84 Å². The fourth-order valence-corrected chi connectivity index (χ4v) is 2.48. The van der Waals surface area contributed by atoms with E-state index in [1.807, 2.05) is 30.3 Å². The first-order chi connectivity index (χ1) is 12.1. The molecule has 0 saturated carbocycles. The average Bonchev–Trinajstić information content (AvgIpc) is 2.86. The van der Waals surface area contributed by atoms with Crippen LogP contribution < -0.4 is 15.8 Å². The topological polar surface area (TPSA) is 85.5 Å². The molecule has 7 heteroatoms. The van der Waals surface area contributed by atoms with E-state index in [-0.39, 0.29) is 6.54 Å². The summed E-state index contributed by atoms with van der Waals surface area (Å²) in [7, 11) is 0. The minimum Gasteiger partial charge on any atom is -0.491 e. The van der Waals surface area contributed by atoms with E-state index in [0.717, 1.165) is 31.2 Å². The molecule has 2 N–H and O–H groups in total. The molecule has 0 aliphatic rings. The van der Waals surface area contributed by atoms with E-state index in [1.165, 1.54) is 17.2 Å². The third kappa shape index (κ3) is 5.70. The molecule has 0 saturated heterocycles. The van der Waals surface area contributed by atoms with Gasteiger partial charge in [0.05, 0.1) is 12.7 Å². The summed E-state index contributed by atoms with van der Waals surface area (Å²) in [6.45, 7) is 2.90. The van der Waals surface area contributed by atoms with Gasteiger partial charge >= 0.3 is 11.8 Å². The maximum absolute atomic E-state index is 12.2. The smallest absolute Gasteiger partial charge is 0.432 e. The van der Waals surface area contributed by atoms with Crippen LogP contribution in [0.2, 0.25) is 0 Å². The van der Waals surface area contributed by atoms with Crippen LogP contribution in [0.25, 0.3) is 0 Å². The molecule has 136 valence electrons. The van der Waals surface area contributed by atoms with E-state index in [2.05, 4.69) is 12.2 Å². The number of benzene rings is 1. The lowest BCUT2D eigenvalue weighted by Gasteiger charge is -2.06. The maximum Gasteiger partial charge on any atom is 0.432 e. The zero-order chi connectivity index (χ0) is 18.1. The van der Waals surface area contributed by atoms with E-state index < -0.39 is 17.7 Å². The van der Waals surface area contributed by atoms with Gasteiger partial charge in [0.2, 0.25) is 5.88 Å². The highest BCUT2D eigenvalue weighted by Crippen LogP contribution is 2.07. The first-order valence-electron chi connectivity index (χ1n) is 8.63. The summed E-state index contributed by atoms with van der Waals surface area (Å²) in [5, 5.41) is 12.4. The third-order valence-electron chi connectivity index (χ3n) is 3.82. The molecule has 0 aliphatic carbocycles. The van der Waals surface area contributed by atoms with Gasteiger partial charge in [-0.2, -0.15) is 0 Å². The molecular formula is C18H25N3O4. The molecular weight excluding hydrogens is 322 g/mol. The van der Waals surface area contributed by atoms with Crippen LogP contribution in [0.5, 0.6) is 5.88 Å². The Morgan fingerprint density at radius 1 is 1.16 bits per heavy atom. The zero-order valence-electron chi connectivity index (χ0n) is 14.5. The van der Waals surface area contributed by atoms with Gasteiger partial charge in [-0.25, -0.2) is 9.59 Å². The maximum atomic E-state index is 12.2. The minimum atomic E-state index is -0.759. The van der Waals surface area contributed by atoms with Crippen LogP contribution in [0.4, 0.5) is 4.79 Å². The van der Waals surface area contributed by atoms with Crippen LogP contribution in [-0.4, -0.2) is 27.0 Å². The molecule has 0 radical (unpaired) electrons. The lowest BCUT2D eigenvalue weighted by molar-refractivity contribution is 0.115. The predicted octanol–water partition coefficient (Wildman–Crippen LogP) is 2.51. The molecule has 7 nitrogen and oxygen atoms in total. The van der Waals surface area contributed by atoms with Crippen molar-refractivity contribution < 1.29 is 14.7 Å². The largest absolute Gasteiger partial charge is 0.491 e. The summed E-state index contributed by atoms with van der Waals surface area (Å²) in [6, 6.07) is 9.34. The summed E-state index contributed by atoms with van der Waals surface area (Å²) in [5.41, 5.74) is 0.290. The molecule has 0 aliphatic heterocycles. The summed E-state index contributed by atoms with van der Waals surface area (Å²) in [4.78, 5) is 28.9. The van der Waals surface area contributed by atoms with Gasteiger partial charge in [-0.15, -0.1) is 0 Å². The molecule has 0 unspecified atom stereocenters. The van der Waals surface area contributed by atoms with Gasteiger partial charge in [0.1, 0.15) is 0 Å². The normalized spacial score (nSPS) is 10.6. The van der Waals surface area contributed by atoms with Gasteiger partial charge in [-0.3, -0.25) is 4.57 Å². The lowest BCUT2D eigenvalue weighted by atomic mass is 10.1. The predicted molar refractivity (Wildman–Crippen MR) is 94.6 cm³/mol. The molecule has 1 amide bonds. The first-order valence-corrected chi connectivity index (χ1v) is 8.63. The fraction of sp³-hybridized carbons (Fsp3) is 0.444. The van der Waals surface area contributed by atoms with Crippen molar-refractivity contribution in [1.82, 2.24) is 14.6 Å². The zero-order valence-corrected chi connectivity index (χ0v) is 14.5. The second kappa shape index (κ2) is 9.56. The SMILES string of the molecule is CCCCCCCNC(=O)On1c(O)cn(Cc2ccccc2)c1=O. The summed E-state index contributed by atoms with van der Waals surface area (Å²) in [6.07, 6.45) is 5.85. The van der Waals surface area contributed by atoms with Crippen LogP contribution in [0.15, 0.2) is 41.3 Å². The highest BCUT2D eigenvalue weighted by atomic mass is 16.7. The van der Waals surface area contributed by atoms with Crippen LogP contribution in [0.3, 0.4) is 0 Å². The molecule has 1 aromatic carbocycles. The first kappa shape index (κ1) is 18.6. The number of nitrogens with one attached hydrogen (secondary N) is 1. The number of nitrogens with zero attached hydrogens (tertiary/aromatic N) is 2. The van der Waals surface area contributed by atoms with Crippen LogP contribution in [0.1, 0.15) is 44.6 Å². The lowest BCUT2D eigenvalue weighted by Crippen LogP contribution is -2.38. The molecule has 0 atom stereocenters. The second-order valence-electron chi connectivity index (χ2n) is 5.90. The number of carbonyl (C=O) groups excluding carboxylic acids is 1. The van der Waals surface area contributed by atoms with Gasteiger partial charge in [0.15, 0.2) is 0 Å². The van der Waals surface area contributed by atoms with Gasteiger partial charge in [0.25, 0.3) is 0 Å². The average molecular weight is 347 g/mol. The van der Waals surface area contributed by atoms with E-state index >= 15 is 0 Å². The fourth-order valence-electron chi connectivity index (χ4n) is 2.48. The molecule has 1 heterocycles. The summed E-state index contributed by atoms with van der Waals surface area (Å²) in [5.74, 6) is -0.418. The van der Waals surface area contributed by atoms with Crippen molar-refractivity contribution >= 4 is 6.09 Å². The number of carbonyl (C=O) groups is 1. The Hall–Kier alpha value is -2.70. The Kier molecular flexibility index (Phi) is 7.13. The molecule has 0 fully saturated rings. The van der Waals surface area contributed by atoms with Crippen molar-refractivity contribution in [2.24, 2.45) is 0 Å². The number of unbranched alkanes of at least 4 members (excludes halogenated alkanes) is 4. The number of imidazole rings is 1. The van der Waals surface area contributed by atoms with E-state index in [9.17, 15) is 14.7 Å². The van der Waals surface area contributed by atoms with Crippen molar-refractivity contribution in [3.8, 4) is 5.88 Å². The Balaban J connectivity index is 1.87. The number of aromatic hydroxyl groups is 1. The monoisotopic (exact) mass is 347 g/mol. The Labute approximate surface area is 146 Å². The van der Waals surface area contributed by atoms with E-state index in [0.29, 0.717) is 11.3 Å². The van der Waals surface area contributed by atoms with Crippen LogP contribution >= 0.6 is 0 Å². The summed E-state index contributed by atoms with van der Waals surface area (Å²) < 4.78 is 1.87. The number of hydrogen-bond donors (Lipinski definition) is 2. The minimum absolute atomic E-state index is 0.280. The number of amides is 1. The quantitative estimate of drug-likeness (QED) is 0.683.